The summed E-state index contributed by atoms with van der Waals surface area (Å²) in [6.45, 7) is 10.2. The van der Waals surface area contributed by atoms with Crippen LogP contribution in [0.5, 0.6) is 0 Å². The molecule has 14 heavy (non-hydrogen) atoms. The first-order valence-electron chi connectivity index (χ1n) is 5.51. The van der Waals surface area contributed by atoms with E-state index in [2.05, 4.69) is 13.8 Å². The van der Waals surface area contributed by atoms with Crippen LogP contribution in [0.15, 0.2) is 23.0 Å². The highest BCUT2D eigenvalue weighted by Crippen LogP contribution is 2.24. The summed E-state index contributed by atoms with van der Waals surface area (Å²) in [6.07, 6.45) is 4.47. The second-order valence-corrected chi connectivity index (χ2v) is 4.09. The maximum atomic E-state index is 13.6. The van der Waals surface area contributed by atoms with Gasteiger partial charge in [-0.1, -0.05) is 25.5 Å². The molecule has 0 rings (SSSR count). The van der Waals surface area contributed by atoms with Gasteiger partial charge in [0.2, 0.25) is 0 Å². The van der Waals surface area contributed by atoms with Crippen molar-refractivity contribution in [2.24, 2.45) is 5.92 Å². The Morgan fingerprint density at radius 1 is 1.14 bits per heavy atom. The third kappa shape index (κ3) is 4.59. The molecule has 0 heterocycles. The highest BCUT2D eigenvalue weighted by atomic mass is 19.1. The lowest BCUT2D eigenvalue weighted by molar-refractivity contribution is 0.518. The predicted molar refractivity (Wildman–Crippen MR) is 61.9 cm³/mol. The van der Waals surface area contributed by atoms with Crippen LogP contribution < -0.4 is 0 Å². The lowest BCUT2D eigenvalue weighted by Crippen LogP contribution is -2.00. The number of hydrogen-bond acceptors (Lipinski definition) is 0. The number of halogens is 1. The van der Waals surface area contributed by atoms with Gasteiger partial charge in [0, 0.05) is 6.42 Å². The highest BCUT2D eigenvalue weighted by molar-refractivity contribution is 5.13. The van der Waals surface area contributed by atoms with E-state index < -0.39 is 0 Å². The van der Waals surface area contributed by atoms with Gasteiger partial charge < -0.3 is 0 Å². The van der Waals surface area contributed by atoms with Crippen molar-refractivity contribution >= 4 is 0 Å². The van der Waals surface area contributed by atoms with Gasteiger partial charge in [-0.05, 0) is 45.1 Å². The third-order valence-electron chi connectivity index (χ3n) is 2.72. The van der Waals surface area contributed by atoms with Crippen molar-refractivity contribution in [2.45, 2.75) is 53.9 Å². The molecular weight excluding hydrogens is 175 g/mol. The van der Waals surface area contributed by atoms with Crippen molar-refractivity contribution in [1.29, 1.82) is 0 Å². The van der Waals surface area contributed by atoms with E-state index in [1.54, 1.807) is 0 Å². The molecule has 0 aliphatic rings. The molecule has 0 amide bonds. The number of hydrogen-bond donors (Lipinski definition) is 0. The molecule has 0 saturated carbocycles. The van der Waals surface area contributed by atoms with E-state index in [1.807, 2.05) is 26.8 Å². The fourth-order valence-electron chi connectivity index (χ4n) is 1.58. The summed E-state index contributed by atoms with van der Waals surface area (Å²) in [5.74, 6) is 0.473. The van der Waals surface area contributed by atoms with Crippen molar-refractivity contribution < 1.29 is 4.39 Å². The van der Waals surface area contributed by atoms with Crippen LogP contribution in [-0.2, 0) is 0 Å². The average Bonchev–Trinajstić information content (AvgIpc) is 2.15. The van der Waals surface area contributed by atoms with Crippen LogP contribution in [0.3, 0.4) is 0 Å². The van der Waals surface area contributed by atoms with Gasteiger partial charge >= 0.3 is 0 Å². The van der Waals surface area contributed by atoms with E-state index in [4.69, 9.17) is 0 Å². The fourth-order valence-corrected chi connectivity index (χ4v) is 1.58. The minimum absolute atomic E-state index is 0.0555. The Labute approximate surface area is 87.9 Å². The Hall–Kier alpha value is -0.590. The summed E-state index contributed by atoms with van der Waals surface area (Å²) in [6, 6.07) is 0. The molecule has 82 valence electrons. The Bertz CT molecular complexity index is 215. The maximum absolute atomic E-state index is 13.6. The SMILES string of the molecule is CCC(CC)/C(C)=C(\F)CC=C(C)C. The van der Waals surface area contributed by atoms with E-state index in [0.29, 0.717) is 12.3 Å². The average molecular weight is 198 g/mol. The maximum Gasteiger partial charge on any atom is 0.103 e. The molecule has 0 nitrogen and oxygen atoms in total. The van der Waals surface area contributed by atoms with Crippen LogP contribution in [0.4, 0.5) is 4.39 Å². The summed E-state index contributed by atoms with van der Waals surface area (Å²) in [7, 11) is 0. The molecule has 0 saturated heterocycles. The molecule has 0 unspecified atom stereocenters. The van der Waals surface area contributed by atoms with Gasteiger partial charge in [-0.25, -0.2) is 4.39 Å². The van der Waals surface area contributed by atoms with Gasteiger partial charge in [0.05, 0.1) is 0 Å². The van der Waals surface area contributed by atoms with Crippen LogP contribution in [0.1, 0.15) is 53.9 Å². The Morgan fingerprint density at radius 2 is 1.64 bits per heavy atom. The van der Waals surface area contributed by atoms with Crippen LogP contribution in [0.2, 0.25) is 0 Å². The second-order valence-electron chi connectivity index (χ2n) is 4.09. The minimum atomic E-state index is 0.0555. The van der Waals surface area contributed by atoms with E-state index in [9.17, 15) is 4.39 Å². The van der Waals surface area contributed by atoms with Crippen molar-refractivity contribution in [3.8, 4) is 0 Å². The largest absolute Gasteiger partial charge is 0.212 e. The third-order valence-corrected chi connectivity index (χ3v) is 2.72. The highest BCUT2D eigenvalue weighted by Gasteiger charge is 2.10. The van der Waals surface area contributed by atoms with Gasteiger partial charge in [-0.15, -0.1) is 0 Å². The molecule has 0 N–H and O–H groups in total. The first-order valence-corrected chi connectivity index (χ1v) is 5.51. The van der Waals surface area contributed by atoms with Gasteiger partial charge in [-0.3, -0.25) is 0 Å². The molecule has 0 aromatic carbocycles. The van der Waals surface area contributed by atoms with Gasteiger partial charge in [0.25, 0.3) is 0 Å². The molecule has 0 aliphatic carbocycles. The summed E-state index contributed by atoms with van der Waals surface area (Å²) in [5.41, 5.74) is 2.12. The second kappa shape index (κ2) is 6.80. The summed E-state index contributed by atoms with van der Waals surface area (Å²) in [4.78, 5) is 0. The summed E-state index contributed by atoms with van der Waals surface area (Å²) in [5, 5.41) is 0. The molecule has 0 aromatic heterocycles. The first-order chi connectivity index (χ1) is 6.52. The standard InChI is InChI=1S/C13H23F/c1-6-12(7-2)11(5)13(14)9-8-10(3)4/h8,12H,6-7,9H2,1-5H3/b13-11-. The minimum Gasteiger partial charge on any atom is -0.212 e. The van der Waals surface area contributed by atoms with Crippen molar-refractivity contribution in [3.05, 3.63) is 23.0 Å². The predicted octanol–water partition coefficient (Wildman–Crippen LogP) is 5.02. The van der Waals surface area contributed by atoms with Crippen LogP contribution >= 0.6 is 0 Å². The van der Waals surface area contributed by atoms with Crippen LogP contribution in [0, 0.1) is 5.92 Å². The monoisotopic (exact) mass is 198 g/mol. The molecule has 0 atom stereocenters. The molecule has 0 radical (unpaired) electrons. The Kier molecular flexibility index (Phi) is 6.52. The quantitative estimate of drug-likeness (QED) is 0.544. The van der Waals surface area contributed by atoms with Crippen LogP contribution in [-0.4, -0.2) is 0 Å². The molecule has 0 spiro atoms. The molecular formula is C13H23F. The van der Waals surface area contributed by atoms with Crippen molar-refractivity contribution in [3.63, 3.8) is 0 Å². The number of allylic oxidation sites excluding steroid dienone is 4. The van der Waals surface area contributed by atoms with E-state index in [1.165, 1.54) is 5.57 Å². The molecule has 0 bridgehead atoms. The summed E-state index contributed by atoms with van der Waals surface area (Å²) >= 11 is 0. The number of rotatable bonds is 5. The topological polar surface area (TPSA) is 0 Å². The summed E-state index contributed by atoms with van der Waals surface area (Å²) < 4.78 is 13.6. The first kappa shape index (κ1) is 13.4. The lowest BCUT2D eigenvalue weighted by Gasteiger charge is -2.13. The van der Waals surface area contributed by atoms with Gasteiger partial charge in [0.1, 0.15) is 5.83 Å². The molecule has 0 fully saturated rings. The molecule has 0 aliphatic heterocycles. The van der Waals surface area contributed by atoms with Crippen molar-refractivity contribution in [2.75, 3.05) is 0 Å². The van der Waals surface area contributed by atoms with E-state index in [-0.39, 0.29) is 5.83 Å². The van der Waals surface area contributed by atoms with Gasteiger partial charge in [-0.2, -0.15) is 0 Å². The van der Waals surface area contributed by atoms with Gasteiger partial charge in [0.15, 0.2) is 0 Å². The Balaban J connectivity index is 4.48. The smallest absolute Gasteiger partial charge is 0.103 e. The van der Waals surface area contributed by atoms with Crippen LogP contribution in [0.25, 0.3) is 0 Å². The van der Waals surface area contributed by atoms with E-state index in [0.717, 1.165) is 18.4 Å². The zero-order chi connectivity index (χ0) is 11.1. The van der Waals surface area contributed by atoms with E-state index >= 15 is 0 Å². The zero-order valence-electron chi connectivity index (χ0n) is 10.2. The lowest BCUT2D eigenvalue weighted by atomic mass is 9.93. The Morgan fingerprint density at radius 3 is 2.00 bits per heavy atom. The molecule has 0 aromatic rings. The zero-order valence-corrected chi connectivity index (χ0v) is 10.2. The van der Waals surface area contributed by atoms with Crippen molar-refractivity contribution in [1.82, 2.24) is 0 Å². The molecule has 1 heteroatoms. The normalized spacial score (nSPS) is 12.8. The fraction of sp³-hybridized carbons (Fsp3) is 0.692.